The topological polar surface area (TPSA) is 29.1 Å². The Morgan fingerprint density at radius 1 is 1.56 bits per heavy atom. The molecule has 0 saturated carbocycles. The van der Waals surface area contributed by atoms with E-state index >= 15 is 0 Å². The van der Waals surface area contributed by atoms with Crippen LogP contribution in [-0.4, -0.2) is 29.3 Å². The van der Waals surface area contributed by atoms with Crippen molar-refractivity contribution in [3.05, 3.63) is 0 Å². The lowest BCUT2D eigenvalue weighted by Crippen LogP contribution is -2.35. The zero-order chi connectivity index (χ0) is 12.2. The average Bonchev–Trinajstić information content (AvgIpc) is 2.64. The molecular weight excluding hydrogens is 242 g/mol. The summed E-state index contributed by atoms with van der Waals surface area (Å²) in [6, 6.07) is 0. The fourth-order valence-corrected chi connectivity index (χ4v) is 3.59. The number of halogens is 1. The SMILES string of the molecule is CC(C)(C)CC(Cl)CNC(=O)C1CCSC1. The number of hydrogen-bond acceptors (Lipinski definition) is 2. The molecule has 1 aliphatic rings. The predicted molar refractivity (Wildman–Crippen MR) is 72.2 cm³/mol. The van der Waals surface area contributed by atoms with Gasteiger partial charge < -0.3 is 5.32 Å². The number of rotatable bonds is 4. The molecule has 0 spiro atoms. The van der Waals surface area contributed by atoms with Gasteiger partial charge in [0, 0.05) is 18.2 Å². The van der Waals surface area contributed by atoms with E-state index in [0.717, 1.165) is 24.3 Å². The summed E-state index contributed by atoms with van der Waals surface area (Å²) >= 11 is 8.06. The van der Waals surface area contributed by atoms with Crippen molar-refractivity contribution in [1.29, 1.82) is 0 Å². The van der Waals surface area contributed by atoms with Crippen LogP contribution in [0.15, 0.2) is 0 Å². The highest BCUT2D eigenvalue weighted by Gasteiger charge is 2.24. The minimum Gasteiger partial charge on any atom is -0.354 e. The van der Waals surface area contributed by atoms with E-state index < -0.39 is 0 Å². The Morgan fingerprint density at radius 3 is 2.75 bits per heavy atom. The van der Waals surface area contributed by atoms with Crippen LogP contribution >= 0.6 is 23.4 Å². The van der Waals surface area contributed by atoms with E-state index in [9.17, 15) is 4.79 Å². The minimum absolute atomic E-state index is 0.0398. The zero-order valence-corrected chi connectivity index (χ0v) is 12.0. The molecule has 4 heteroatoms. The number of hydrogen-bond donors (Lipinski definition) is 1. The smallest absolute Gasteiger partial charge is 0.224 e. The van der Waals surface area contributed by atoms with Gasteiger partial charge in [-0.2, -0.15) is 11.8 Å². The van der Waals surface area contributed by atoms with Crippen LogP contribution < -0.4 is 5.32 Å². The Kier molecular flexibility index (Phi) is 5.45. The molecule has 1 saturated heterocycles. The van der Waals surface area contributed by atoms with Crippen LogP contribution in [0.25, 0.3) is 0 Å². The molecule has 0 aromatic carbocycles. The van der Waals surface area contributed by atoms with E-state index in [4.69, 9.17) is 11.6 Å². The van der Waals surface area contributed by atoms with Gasteiger partial charge in [0.1, 0.15) is 0 Å². The number of nitrogens with one attached hydrogen (secondary N) is 1. The number of carbonyl (C=O) groups is 1. The van der Waals surface area contributed by atoms with Crippen molar-refractivity contribution in [3.63, 3.8) is 0 Å². The summed E-state index contributed by atoms with van der Waals surface area (Å²) in [7, 11) is 0. The minimum atomic E-state index is 0.0398. The van der Waals surface area contributed by atoms with Gasteiger partial charge in [-0.15, -0.1) is 11.6 Å². The second-order valence-corrected chi connectivity index (χ2v) is 7.43. The third kappa shape index (κ3) is 5.44. The van der Waals surface area contributed by atoms with Crippen LogP contribution in [-0.2, 0) is 4.79 Å². The first kappa shape index (κ1) is 14.2. The lowest BCUT2D eigenvalue weighted by Gasteiger charge is -2.22. The molecule has 2 atom stereocenters. The first-order chi connectivity index (χ1) is 7.38. The predicted octanol–water partition coefficient (Wildman–Crippen LogP) is 2.90. The van der Waals surface area contributed by atoms with Crippen LogP contribution in [0.5, 0.6) is 0 Å². The van der Waals surface area contributed by atoms with E-state index in [1.54, 1.807) is 0 Å². The van der Waals surface area contributed by atoms with Gasteiger partial charge in [0.25, 0.3) is 0 Å². The Bertz CT molecular complexity index is 234. The van der Waals surface area contributed by atoms with E-state index in [0.29, 0.717) is 6.54 Å². The largest absolute Gasteiger partial charge is 0.354 e. The molecule has 0 bridgehead atoms. The van der Waals surface area contributed by atoms with E-state index in [2.05, 4.69) is 26.1 Å². The number of carbonyl (C=O) groups excluding carboxylic acids is 1. The van der Waals surface area contributed by atoms with Gasteiger partial charge in [0.15, 0.2) is 0 Å². The van der Waals surface area contributed by atoms with E-state index in [-0.39, 0.29) is 22.6 Å². The molecule has 0 aromatic rings. The number of thioether (sulfide) groups is 1. The van der Waals surface area contributed by atoms with E-state index in [1.807, 2.05) is 11.8 Å². The van der Waals surface area contributed by atoms with Crippen molar-refractivity contribution in [3.8, 4) is 0 Å². The molecule has 1 aliphatic heterocycles. The lowest BCUT2D eigenvalue weighted by atomic mass is 9.90. The van der Waals surface area contributed by atoms with Gasteiger partial charge in [-0.3, -0.25) is 4.79 Å². The first-order valence-corrected chi connectivity index (χ1v) is 7.47. The maximum atomic E-state index is 11.7. The highest BCUT2D eigenvalue weighted by atomic mass is 35.5. The fourth-order valence-electron chi connectivity index (χ4n) is 1.83. The summed E-state index contributed by atoms with van der Waals surface area (Å²) in [5, 5.41) is 3.00. The Balaban J connectivity index is 2.20. The van der Waals surface area contributed by atoms with Crippen molar-refractivity contribution < 1.29 is 4.79 Å². The third-order valence-corrected chi connectivity index (χ3v) is 4.10. The molecule has 2 unspecified atom stereocenters. The van der Waals surface area contributed by atoms with Crippen molar-refractivity contribution in [1.82, 2.24) is 5.32 Å². The van der Waals surface area contributed by atoms with Crippen LogP contribution in [0.1, 0.15) is 33.6 Å². The molecule has 2 nitrogen and oxygen atoms in total. The fraction of sp³-hybridized carbons (Fsp3) is 0.917. The lowest BCUT2D eigenvalue weighted by molar-refractivity contribution is -0.124. The average molecular weight is 264 g/mol. The van der Waals surface area contributed by atoms with Crippen molar-refractivity contribution in [2.24, 2.45) is 11.3 Å². The highest BCUT2D eigenvalue weighted by molar-refractivity contribution is 7.99. The Hall–Kier alpha value is 0.110. The Labute approximate surface area is 108 Å². The van der Waals surface area contributed by atoms with Crippen molar-refractivity contribution >= 4 is 29.3 Å². The summed E-state index contributed by atoms with van der Waals surface area (Å²) in [4.78, 5) is 11.7. The standard InChI is InChI=1S/C12H22ClNOS/c1-12(2,3)6-10(13)7-14-11(15)9-4-5-16-8-9/h9-10H,4-8H2,1-3H3,(H,14,15). The van der Waals surface area contributed by atoms with Crippen LogP contribution in [0.2, 0.25) is 0 Å². The molecule has 0 aliphatic carbocycles. The van der Waals surface area contributed by atoms with Gasteiger partial charge >= 0.3 is 0 Å². The highest BCUT2D eigenvalue weighted by Crippen LogP contribution is 2.25. The van der Waals surface area contributed by atoms with Crippen molar-refractivity contribution in [2.75, 3.05) is 18.1 Å². The second-order valence-electron chi connectivity index (χ2n) is 5.67. The quantitative estimate of drug-likeness (QED) is 0.791. The van der Waals surface area contributed by atoms with Crippen molar-refractivity contribution in [2.45, 2.75) is 39.0 Å². The molecule has 1 amide bonds. The summed E-state index contributed by atoms with van der Waals surface area (Å²) in [6.45, 7) is 7.09. The molecule has 0 radical (unpaired) electrons. The molecule has 0 aromatic heterocycles. The monoisotopic (exact) mass is 263 g/mol. The summed E-state index contributed by atoms with van der Waals surface area (Å²) in [6.07, 6.45) is 1.94. The van der Waals surface area contributed by atoms with E-state index in [1.165, 1.54) is 0 Å². The Morgan fingerprint density at radius 2 is 2.25 bits per heavy atom. The summed E-state index contributed by atoms with van der Waals surface area (Å²) in [5.41, 5.74) is 0.223. The molecule has 1 fully saturated rings. The second kappa shape index (κ2) is 6.15. The molecule has 1 rings (SSSR count). The molecule has 16 heavy (non-hydrogen) atoms. The maximum Gasteiger partial charge on any atom is 0.224 e. The molecule has 1 N–H and O–H groups in total. The van der Waals surface area contributed by atoms with Gasteiger partial charge in [-0.05, 0) is 24.0 Å². The number of alkyl halides is 1. The van der Waals surface area contributed by atoms with Crippen LogP contribution in [0, 0.1) is 11.3 Å². The normalized spacial score (nSPS) is 23.1. The third-order valence-electron chi connectivity index (χ3n) is 2.63. The van der Waals surface area contributed by atoms with Crippen LogP contribution in [0.4, 0.5) is 0 Å². The van der Waals surface area contributed by atoms with Gasteiger partial charge in [-0.25, -0.2) is 0 Å². The maximum absolute atomic E-state index is 11.7. The summed E-state index contributed by atoms with van der Waals surface area (Å²) < 4.78 is 0. The first-order valence-electron chi connectivity index (χ1n) is 5.88. The summed E-state index contributed by atoms with van der Waals surface area (Å²) in [5.74, 6) is 2.48. The van der Waals surface area contributed by atoms with Crippen LogP contribution in [0.3, 0.4) is 0 Å². The van der Waals surface area contributed by atoms with Gasteiger partial charge in [0.2, 0.25) is 5.91 Å². The molecule has 94 valence electrons. The molecular formula is C12H22ClNOS. The zero-order valence-electron chi connectivity index (χ0n) is 10.4. The number of amides is 1. The van der Waals surface area contributed by atoms with Gasteiger partial charge in [-0.1, -0.05) is 20.8 Å². The molecule has 1 heterocycles. The van der Waals surface area contributed by atoms with Gasteiger partial charge in [0.05, 0.1) is 5.38 Å².